The summed E-state index contributed by atoms with van der Waals surface area (Å²) < 4.78 is 11.5. The highest BCUT2D eigenvalue weighted by Gasteiger charge is 2.39. The molecule has 0 radical (unpaired) electrons. The number of para-hydroxylation sites is 1. The van der Waals surface area contributed by atoms with Gasteiger partial charge in [0.1, 0.15) is 21.2 Å². The number of pyridine rings is 1. The van der Waals surface area contributed by atoms with Gasteiger partial charge in [0.15, 0.2) is 5.78 Å². The topological polar surface area (TPSA) is 110 Å². The maximum absolute atomic E-state index is 13.6. The molecule has 4 aromatic rings. The number of carbonyl (C=O) groups is 3. The van der Waals surface area contributed by atoms with Gasteiger partial charge in [-0.3, -0.25) is 14.5 Å². The number of thiophene rings is 1. The lowest BCUT2D eigenvalue weighted by Gasteiger charge is -2.29. The van der Waals surface area contributed by atoms with Crippen molar-refractivity contribution in [3.63, 3.8) is 0 Å². The first-order valence-electron chi connectivity index (χ1n) is 13.2. The minimum absolute atomic E-state index is 0.0584. The van der Waals surface area contributed by atoms with Gasteiger partial charge in [-0.1, -0.05) is 24.8 Å². The Labute approximate surface area is 240 Å². The van der Waals surface area contributed by atoms with Crippen LogP contribution in [0.4, 0.5) is 21.9 Å². The lowest BCUT2D eigenvalue weighted by atomic mass is 10.0. The molecule has 6 rings (SSSR count). The lowest BCUT2D eigenvalue weighted by molar-refractivity contribution is -0.118. The number of aromatic nitrogens is 1. The molecule has 2 aromatic carbocycles. The molecule has 9 nitrogen and oxygen atoms in total. The van der Waals surface area contributed by atoms with Crippen molar-refractivity contribution in [2.24, 2.45) is 5.92 Å². The van der Waals surface area contributed by atoms with Crippen molar-refractivity contribution in [1.29, 1.82) is 0 Å². The monoisotopic (exact) mass is 568 g/mol. The summed E-state index contributed by atoms with van der Waals surface area (Å²) in [4.78, 5) is 46.4. The van der Waals surface area contributed by atoms with E-state index in [1.807, 2.05) is 55.5 Å². The van der Waals surface area contributed by atoms with Crippen molar-refractivity contribution in [3.8, 4) is 11.5 Å². The molecule has 2 aromatic heterocycles. The molecule has 2 N–H and O–H groups in total. The summed E-state index contributed by atoms with van der Waals surface area (Å²) in [6.07, 6.45) is 3.63. The first kappa shape index (κ1) is 26.7. The third-order valence-electron chi connectivity index (χ3n) is 7.57. The molecule has 0 saturated heterocycles. The van der Waals surface area contributed by atoms with Gasteiger partial charge in [0, 0.05) is 19.2 Å². The van der Waals surface area contributed by atoms with Crippen LogP contribution in [0.3, 0.4) is 0 Å². The molecule has 2 aliphatic rings. The van der Waals surface area contributed by atoms with E-state index < -0.39 is 0 Å². The Morgan fingerprint density at radius 3 is 2.66 bits per heavy atom. The molecule has 41 heavy (non-hydrogen) atoms. The molecule has 1 aliphatic carbocycles. The third kappa shape index (κ3) is 4.85. The number of nitrogens with zero attached hydrogens (tertiary/aromatic N) is 2. The molecule has 3 heterocycles. The van der Waals surface area contributed by atoms with Gasteiger partial charge in [0.25, 0.3) is 5.91 Å². The first-order valence-corrected chi connectivity index (χ1v) is 14.1. The van der Waals surface area contributed by atoms with Gasteiger partial charge in [-0.2, -0.15) is 0 Å². The van der Waals surface area contributed by atoms with Gasteiger partial charge < -0.3 is 20.1 Å². The van der Waals surface area contributed by atoms with E-state index in [4.69, 9.17) is 9.47 Å². The number of aryl methyl sites for hydroxylation is 1. The summed E-state index contributed by atoms with van der Waals surface area (Å²) in [5.41, 5.74) is 2.59. The summed E-state index contributed by atoms with van der Waals surface area (Å²) in [6.45, 7) is 5.50. The van der Waals surface area contributed by atoms with Crippen LogP contribution in [-0.4, -0.2) is 42.0 Å². The highest BCUT2D eigenvalue weighted by Crippen LogP contribution is 2.46. The van der Waals surface area contributed by atoms with E-state index in [0.29, 0.717) is 50.7 Å². The summed E-state index contributed by atoms with van der Waals surface area (Å²) in [7, 11) is 1.57. The van der Waals surface area contributed by atoms with Crippen molar-refractivity contribution >= 4 is 56.3 Å². The number of ketones is 1. The molecule has 0 spiro atoms. The smallest absolute Gasteiger partial charge is 0.331 e. The summed E-state index contributed by atoms with van der Waals surface area (Å²) in [5, 5.41) is 6.66. The van der Waals surface area contributed by atoms with E-state index in [-0.39, 0.29) is 35.8 Å². The van der Waals surface area contributed by atoms with Gasteiger partial charge in [0.2, 0.25) is 0 Å². The summed E-state index contributed by atoms with van der Waals surface area (Å²) in [5.74, 6) is 0.718. The van der Waals surface area contributed by atoms with E-state index in [1.54, 1.807) is 24.3 Å². The SMILES string of the molecule is C=CC(=O)C1C[C@H](NC(=O)c2sc3nccc4c3c2NC(=O)N4c2ccc(Oc3ccccc3)cc2C)[C@@H](OC)C1. The number of hydrogen-bond donors (Lipinski definition) is 2. The van der Waals surface area contributed by atoms with Crippen molar-refractivity contribution in [3.05, 3.63) is 83.9 Å². The Hall–Kier alpha value is -4.54. The number of ether oxygens (including phenoxy) is 2. The van der Waals surface area contributed by atoms with Crippen LogP contribution in [0.25, 0.3) is 10.2 Å². The average molecular weight is 569 g/mol. The standard InChI is InChI=1S/C31H28N4O5S/c1-4-24(36)18-15-21(25(16-18)39-3)33-29(37)28-27-26-23(12-13-32-30(26)41-28)35(31(38)34-27)22-11-10-20(14-17(22)2)40-19-8-6-5-7-9-19/h4-14,18,21,25H,1,15-16H2,2-3H3,(H,33,37)(H,34,38)/t18?,21-,25-/m0/s1. The highest BCUT2D eigenvalue weighted by molar-refractivity contribution is 7.21. The Balaban J connectivity index is 1.30. The quantitative estimate of drug-likeness (QED) is 0.240. The van der Waals surface area contributed by atoms with Crippen LogP contribution in [0, 0.1) is 12.8 Å². The number of urea groups is 1. The second-order valence-electron chi connectivity index (χ2n) is 10.1. The van der Waals surface area contributed by atoms with Crippen LogP contribution in [0.1, 0.15) is 28.1 Å². The average Bonchev–Trinajstić information content (AvgIpc) is 3.56. The maximum Gasteiger partial charge on any atom is 0.331 e. The zero-order valence-electron chi connectivity index (χ0n) is 22.5. The minimum atomic E-state index is -0.385. The van der Waals surface area contributed by atoms with Gasteiger partial charge in [-0.15, -0.1) is 11.3 Å². The molecular formula is C31H28N4O5S. The molecule has 0 bridgehead atoms. The van der Waals surface area contributed by atoms with E-state index in [0.717, 1.165) is 11.3 Å². The minimum Gasteiger partial charge on any atom is -0.457 e. The van der Waals surface area contributed by atoms with E-state index in [9.17, 15) is 14.4 Å². The first-order chi connectivity index (χ1) is 19.9. The van der Waals surface area contributed by atoms with Gasteiger partial charge in [-0.25, -0.2) is 9.78 Å². The number of anilines is 3. The Kier molecular flexibility index (Phi) is 7.02. The fourth-order valence-corrected chi connectivity index (χ4v) is 6.62. The molecule has 3 amide bonds. The van der Waals surface area contributed by atoms with Crippen LogP contribution in [0.2, 0.25) is 0 Å². The van der Waals surface area contributed by atoms with Crippen LogP contribution >= 0.6 is 11.3 Å². The van der Waals surface area contributed by atoms with Gasteiger partial charge >= 0.3 is 6.03 Å². The zero-order valence-corrected chi connectivity index (χ0v) is 23.4. The molecule has 3 atom stereocenters. The highest BCUT2D eigenvalue weighted by atomic mass is 32.1. The van der Waals surface area contributed by atoms with Gasteiger partial charge in [0.05, 0.1) is 34.6 Å². The van der Waals surface area contributed by atoms with Gasteiger partial charge in [-0.05, 0) is 67.8 Å². The Bertz CT molecular complexity index is 1680. The number of allylic oxidation sites excluding steroid dienone is 1. The van der Waals surface area contributed by atoms with Crippen molar-refractivity contribution in [2.45, 2.75) is 31.9 Å². The zero-order chi connectivity index (χ0) is 28.7. The number of nitrogens with one attached hydrogen (secondary N) is 2. The third-order valence-corrected chi connectivity index (χ3v) is 8.66. The fourth-order valence-electron chi connectivity index (χ4n) is 5.59. The predicted molar refractivity (Wildman–Crippen MR) is 158 cm³/mol. The number of hydrogen-bond acceptors (Lipinski definition) is 7. The Morgan fingerprint density at radius 2 is 1.93 bits per heavy atom. The molecule has 1 unspecified atom stereocenters. The molecular weight excluding hydrogens is 540 g/mol. The molecule has 1 fully saturated rings. The van der Waals surface area contributed by atoms with Crippen molar-refractivity contribution in [1.82, 2.24) is 10.3 Å². The number of rotatable bonds is 8. The lowest BCUT2D eigenvalue weighted by Crippen LogP contribution is -2.41. The fraction of sp³-hybridized carbons (Fsp3) is 0.226. The summed E-state index contributed by atoms with van der Waals surface area (Å²) in [6, 6.07) is 16.1. The normalized spacial score (nSPS) is 19.6. The number of benzene rings is 2. The van der Waals surface area contributed by atoms with E-state index in [1.165, 1.54) is 17.4 Å². The second kappa shape index (κ2) is 10.8. The molecule has 1 saturated carbocycles. The van der Waals surface area contributed by atoms with E-state index in [2.05, 4.69) is 22.2 Å². The molecule has 10 heteroatoms. The Morgan fingerprint density at radius 1 is 1.12 bits per heavy atom. The number of amides is 3. The van der Waals surface area contributed by atoms with Crippen molar-refractivity contribution in [2.75, 3.05) is 17.3 Å². The largest absolute Gasteiger partial charge is 0.457 e. The molecule has 208 valence electrons. The van der Waals surface area contributed by atoms with Crippen LogP contribution < -0.4 is 20.3 Å². The van der Waals surface area contributed by atoms with Crippen LogP contribution in [-0.2, 0) is 9.53 Å². The van der Waals surface area contributed by atoms with E-state index >= 15 is 0 Å². The predicted octanol–water partition coefficient (Wildman–Crippen LogP) is 6.36. The number of carbonyl (C=O) groups excluding carboxylic acids is 3. The maximum atomic E-state index is 13.6. The second-order valence-corrected chi connectivity index (χ2v) is 11.1. The van der Waals surface area contributed by atoms with Crippen LogP contribution in [0.5, 0.6) is 11.5 Å². The molecule has 1 aliphatic heterocycles. The van der Waals surface area contributed by atoms with Crippen molar-refractivity contribution < 1.29 is 23.9 Å². The summed E-state index contributed by atoms with van der Waals surface area (Å²) >= 11 is 1.21. The number of methoxy groups -OCH3 is 1. The van der Waals surface area contributed by atoms with Crippen LogP contribution in [0.15, 0.2) is 73.4 Å².